The molecule has 0 atom stereocenters. The number of hydrogen-bond acceptors (Lipinski definition) is 2. The van der Waals surface area contributed by atoms with Gasteiger partial charge in [-0.25, -0.2) is 0 Å². The van der Waals surface area contributed by atoms with Crippen LogP contribution >= 0.6 is 0 Å². The minimum absolute atomic E-state index is 0.142. The van der Waals surface area contributed by atoms with Crippen molar-refractivity contribution in [1.29, 1.82) is 0 Å². The van der Waals surface area contributed by atoms with Gasteiger partial charge in [0.05, 0.1) is 0 Å². The van der Waals surface area contributed by atoms with Crippen LogP contribution in [0, 0.1) is 5.92 Å². The van der Waals surface area contributed by atoms with Crippen LogP contribution in [0.15, 0.2) is 0 Å². The summed E-state index contributed by atoms with van der Waals surface area (Å²) in [6.45, 7) is 2.39. The molecule has 2 nitrogen and oxygen atoms in total. The van der Waals surface area contributed by atoms with Gasteiger partial charge in [-0.1, -0.05) is 32.1 Å². The number of nitrogens with zero attached hydrogens (tertiary/aromatic N) is 1. The van der Waals surface area contributed by atoms with E-state index >= 15 is 0 Å². The predicted molar refractivity (Wildman–Crippen MR) is 69.5 cm³/mol. The average molecular weight is 224 g/mol. The highest BCUT2D eigenvalue weighted by atomic mass is 15.1. The largest absolute Gasteiger partial charge is 0.324 e. The zero-order valence-corrected chi connectivity index (χ0v) is 10.9. The summed E-state index contributed by atoms with van der Waals surface area (Å²) in [5.74, 6) is 0.948. The third-order valence-corrected chi connectivity index (χ3v) is 4.48. The number of likely N-dealkylation sites (N-methyl/N-ethyl adjacent to an activating group) is 1. The van der Waals surface area contributed by atoms with Gasteiger partial charge in [0.15, 0.2) is 0 Å². The van der Waals surface area contributed by atoms with Crippen LogP contribution in [0.1, 0.15) is 57.8 Å². The van der Waals surface area contributed by atoms with Crippen molar-refractivity contribution in [2.45, 2.75) is 63.3 Å². The van der Waals surface area contributed by atoms with Crippen LogP contribution in [0.4, 0.5) is 0 Å². The SMILES string of the molecule is CN(CC1CCCCC1)CC1(N)CCCC1. The van der Waals surface area contributed by atoms with Gasteiger partial charge in [-0.05, 0) is 38.6 Å². The summed E-state index contributed by atoms with van der Waals surface area (Å²) < 4.78 is 0. The molecule has 2 aliphatic rings. The first-order valence-electron chi connectivity index (χ1n) is 7.15. The van der Waals surface area contributed by atoms with E-state index in [9.17, 15) is 0 Å². The molecule has 2 N–H and O–H groups in total. The molecule has 0 aromatic carbocycles. The Hall–Kier alpha value is -0.0800. The van der Waals surface area contributed by atoms with Crippen molar-refractivity contribution >= 4 is 0 Å². The van der Waals surface area contributed by atoms with Crippen molar-refractivity contribution in [1.82, 2.24) is 4.90 Å². The van der Waals surface area contributed by atoms with Gasteiger partial charge in [0.2, 0.25) is 0 Å². The minimum Gasteiger partial charge on any atom is -0.324 e. The molecule has 0 unspecified atom stereocenters. The maximum absolute atomic E-state index is 6.42. The van der Waals surface area contributed by atoms with Gasteiger partial charge in [-0.3, -0.25) is 0 Å². The molecular formula is C14H28N2. The van der Waals surface area contributed by atoms with Gasteiger partial charge in [-0.15, -0.1) is 0 Å². The van der Waals surface area contributed by atoms with Gasteiger partial charge in [0.25, 0.3) is 0 Å². The molecule has 0 heterocycles. The maximum atomic E-state index is 6.42. The lowest BCUT2D eigenvalue weighted by Crippen LogP contribution is -2.48. The highest BCUT2D eigenvalue weighted by Gasteiger charge is 2.30. The Bertz CT molecular complexity index is 203. The summed E-state index contributed by atoms with van der Waals surface area (Å²) in [5.41, 5.74) is 6.57. The Morgan fingerprint density at radius 3 is 2.31 bits per heavy atom. The summed E-state index contributed by atoms with van der Waals surface area (Å²) in [6.07, 6.45) is 12.4. The lowest BCUT2D eigenvalue weighted by atomic mass is 9.88. The van der Waals surface area contributed by atoms with Crippen molar-refractivity contribution in [3.63, 3.8) is 0 Å². The van der Waals surface area contributed by atoms with Crippen LogP contribution < -0.4 is 5.73 Å². The van der Waals surface area contributed by atoms with Crippen molar-refractivity contribution in [3.05, 3.63) is 0 Å². The van der Waals surface area contributed by atoms with Crippen LogP contribution in [0.3, 0.4) is 0 Å². The standard InChI is InChI=1S/C14H28N2/c1-16(11-13-7-3-2-4-8-13)12-14(15)9-5-6-10-14/h13H,2-12,15H2,1H3. The van der Waals surface area contributed by atoms with Crippen LogP contribution in [0.2, 0.25) is 0 Å². The molecule has 2 rings (SSSR count). The summed E-state index contributed by atoms with van der Waals surface area (Å²) in [6, 6.07) is 0. The maximum Gasteiger partial charge on any atom is 0.0283 e. The highest BCUT2D eigenvalue weighted by Crippen LogP contribution is 2.29. The second kappa shape index (κ2) is 5.50. The van der Waals surface area contributed by atoms with E-state index in [-0.39, 0.29) is 5.54 Å². The quantitative estimate of drug-likeness (QED) is 0.795. The van der Waals surface area contributed by atoms with E-state index in [1.807, 2.05) is 0 Å². The summed E-state index contributed by atoms with van der Waals surface area (Å²) in [5, 5.41) is 0. The van der Waals surface area contributed by atoms with Crippen molar-refractivity contribution in [2.75, 3.05) is 20.1 Å². The van der Waals surface area contributed by atoms with E-state index < -0.39 is 0 Å². The third-order valence-electron chi connectivity index (χ3n) is 4.48. The van der Waals surface area contributed by atoms with E-state index in [1.54, 1.807) is 0 Å². The molecule has 2 heteroatoms. The number of rotatable bonds is 4. The Morgan fingerprint density at radius 2 is 1.69 bits per heavy atom. The van der Waals surface area contributed by atoms with Gasteiger partial charge >= 0.3 is 0 Å². The molecule has 0 saturated heterocycles. The van der Waals surface area contributed by atoms with Crippen molar-refractivity contribution < 1.29 is 0 Å². The van der Waals surface area contributed by atoms with Gasteiger partial charge < -0.3 is 10.6 Å². The molecule has 0 amide bonds. The fourth-order valence-corrected chi connectivity index (χ4v) is 3.65. The average Bonchev–Trinajstić information content (AvgIpc) is 2.66. The summed E-state index contributed by atoms with van der Waals surface area (Å²) in [4.78, 5) is 2.50. The Kier molecular flexibility index (Phi) is 4.26. The fourth-order valence-electron chi connectivity index (χ4n) is 3.65. The molecule has 2 aliphatic carbocycles. The Balaban J connectivity index is 1.72. The first kappa shape index (κ1) is 12.4. The zero-order chi connectivity index (χ0) is 11.4. The molecule has 0 spiro atoms. The van der Waals surface area contributed by atoms with Crippen LogP contribution in [0.25, 0.3) is 0 Å². The molecule has 0 aromatic heterocycles. The van der Waals surface area contributed by atoms with Crippen LogP contribution in [-0.4, -0.2) is 30.6 Å². The normalized spacial score (nSPS) is 26.4. The lowest BCUT2D eigenvalue weighted by Gasteiger charge is -2.33. The number of nitrogens with two attached hydrogens (primary N) is 1. The summed E-state index contributed by atoms with van der Waals surface area (Å²) in [7, 11) is 2.27. The first-order valence-corrected chi connectivity index (χ1v) is 7.15. The van der Waals surface area contributed by atoms with Crippen LogP contribution in [0.5, 0.6) is 0 Å². The molecule has 2 saturated carbocycles. The van der Waals surface area contributed by atoms with Gasteiger partial charge in [-0.2, -0.15) is 0 Å². The first-order chi connectivity index (χ1) is 7.68. The molecule has 0 aliphatic heterocycles. The van der Waals surface area contributed by atoms with Crippen molar-refractivity contribution in [3.8, 4) is 0 Å². The minimum atomic E-state index is 0.142. The molecular weight excluding hydrogens is 196 g/mol. The molecule has 16 heavy (non-hydrogen) atoms. The monoisotopic (exact) mass is 224 g/mol. The van der Waals surface area contributed by atoms with E-state index in [2.05, 4.69) is 11.9 Å². The van der Waals surface area contributed by atoms with E-state index in [0.29, 0.717) is 0 Å². The Labute approximate surface area is 101 Å². The Morgan fingerprint density at radius 1 is 1.06 bits per heavy atom. The zero-order valence-electron chi connectivity index (χ0n) is 10.9. The smallest absolute Gasteiger partial charge is 0.0283 e. The molecule has 0 bridgehead atoms. The van der Waals surface area contributed by atoms with Crippen molar-refractivity contribution in [2.24, 2.45) is 11.7 Å². The topological polar surface area (TPSA) is 29.3 Å². The highest BCUT2D eigenvalue weighted by molar-refractivity contribution is 4.91. The van der Waals surface area contributed by atoms with E-state index in [1.165, 1.54) is 64.3 Å². The fraction of sp³-hybridized carbons (Fsp3) is 1.00. The third kappa shape index (κ3) is 3.46. The molecule has 94 valence electrons. The second-order valence-corrected chi connectivity index (χ2v) is 6.27. The van der Waals surface area contributed by atoms with Gasteiger partial charge in [0.1, 0.15) is 0 Å². The van der Waals surface area contributed by atoms with E-state index in [4.69, 9.17) is 5.73 Å². The second-order valence-electron chi connectivity index (χ2n) is 6.27. The van der Waals surface area contributed by atoms with Crippen LogP contribution in [-0.2, 0) is 0 Å². The molecule has 0 radical (unpaired) electrons. The lowest BCUT2D eigenvalue weighted by molar-refractivity contribution is 0.193. The molecule has 0 aromatic rings. The number of hydrogen-bond donors (Lipinski definition) is 1. The van der Waals surface area contributed by atoms with Gasteiger partial charge in [0, 0.05) is 18.6 Å². The predicted octanol–water partition coefficient (Wildman–Crippen LogP) is 2.77. The molecule has 2 fully saturated rings. The van der Waals surface area contributed by atoms with E-state index in [0.717, 1.165) is 12.5 Å². The summed E-state index contributed by atoms with van der Waals surface area (Å²) >= 11 is 0.